The highest BCUT2D eigenvalue weighted by Crippen LogP contribution is 2.14. The summed E-state index contributed by atoms with van der Waals surface area (Å²) in [5.74, 6) is -0.249. The molecule has 24 heavy (non-hydrogen) atoms. The Balaban J connectivity index is 1.59. The van der Waals surface area contributed by atoms with Crippen LogP contribution in [0.2, 0.25) is 0 Å². The summed E-state index contributed by atoms with van der Waals surface area (Å²) in [7, 11) is 0. The van der Waals surface area contributed by atoms with Crippen LogP contribution in [0.1, 0.15) is 28.3 Å². The van der Waals surface area contributed by atoms with Gasteiger partial charge in [0.15, 0.2) is 0 Å². The van der Waals surface area contributed by atoms with Crippen molar-refractivity contribution in [2.45, 2.75) is 32.1 Å². The highest BCUT2D eigenvalue weighted by Gasteiger charge is 2.28. The van der Waals surface area contributed by atoms with Crippen molar-refractivity contribution in [2.24, 2.45) is 0 Å². The Morgan fingerprint density at radius 1 is 1.33 bits per heavy atom. The number of ether oxygens (including phenoxy) is 2. The first kappa shape index (κ1) is 16.5. The van der Waals surface area contributed by atoms with Gasteiger partial charge >= 0.3 is 0 Å². The Morgan fingerprint density at radius 3 is 3.00 bits per heavy atom. The monoisotopic (exact) mass is 328 g/mol. The Hall–Kier alpha value is -2.38. The number of amides is 1. The van der Waals surface area contributed by atoms with Crippen molar-refractivity contribution in [1.29, 1.82) is 0 Å². The molecule has 0 unspecified atom stereocenters. The maximum atomic E-state index is 12.3. The van der Waals surface area contributed by atoms with Crippen LogP contribution in [0, 0.1) is 6.92 Å². The topological polar surface area (TPSA) is 86.2 Å². The normalized spacial score (nSPS) is 20.5. The van der Waals surface area contributed by atoms with Crippen LogP contribution in [-0.4, -0.2) is 46.2 Å². The molecule has 7 nitrogen and oxygen atoms in total. The molecule has 0 spiro atoms. The maximum Gasteiger partial charge on any atom is 0.271 e. The molecule has 0 aromatic carbocycles. The molecular weight excluding hydrogens is 308 g/mol. The Kier molecular flexibility index (Phi) is 5.45. The third-order valence-corrected chi connectivity index (χ3v) is 3.81. The van der Waals surface area contributed by atoms with Crippen molar-refractivity contribution in [2.75, 3.05) is 13.2 Å². The van der Waals surface area contributed by atoms with Gasteiger partial charge in [-0.3, -0.25) is 14.8 Å². The number of hydrogen-bond donors (Lipinski definition) is 1. The maximum absolute atomic E-state index is 12.3. The SMILES string of the molecule is Cc1cnc(C(=O)N[C@@H]2CCOC[C@H]2OCc2ccccn2)cn1. The first-order valence-corrected chi connectivity index (χ1v) is 7.91. The summed E-state index contributed by atoms with van der Waals surface area (Å²) in [6, 6.07) is 5.55. The van der Waals surface area contributed by atoms with Crippen LogP contribution in [0.25, 0.3) is 0 Å². The standard InChI is InChI=1S/C17H20N4O3/c1-12-8-20-15(9-19-12)17(22)21-14-5-7-23-11-16(14)24-10-13-4-2-3-6-18-13/h2-4,6,8-9,14,16H,5,7,10-11H2,1H3,(H,21,22)/t14-,16-/m1/s1. The molecule has 0 radical (unpaired) electrons. The van der Waals surface area contributed by atoms with E-state index in [-0.39, 0.29) is 18.1 Å². The number of carbonyl (C=O) groups excluding carboxylic acids is 1. The number of aryl methyl sites for hydroxylation is 1. The van der Waals surface area contributed by atoms with E-state index < -0.39 is 0 Å². The molecule has 2 aromatic heterocycles. The molecule has 7 heteroatoms. The smallest absolute Gasteiger partial charge is 0.271 e. The average molecular weight is 328 g/mol. The van der Waals surface area contributed by atoms with E-state index in [1.165, 1.54) is 6.20 Å². The Bertz CT molecular complexity index is 663. The van der Waals surface area contributed by atoms with Crippen LogP contribution in [0.15, 0.2) is 36.8 Å². The fourth-order valence-electron chi connectivity index (χ4n) is 2.47. The molecule has 126 valence electrons. The van der Waals surface area contributed by atoms with Crippen molar-refractivity contribution >= 4 is 5.91 Å². The molecule has 0 aliphatic carbocycles. The van der Waals surface area contributed by atoms with Crippen molar-refractivity contribution in [3.8, 4) is 0 Å². The molecule has 1 aliphatic heterocycles. The van der Waals surface area contributed by atoms with E-state index in [1.54, 1.807) is 12.4 Å². The third kappa shape index (κ3) is 4.33. The van der Waals surface area contributed by atoms with E-state index in [9.17, 15) is 4.79 Å². The number of carbonyl (C=O) groups is 1. The van der Waals surface area contributed by atoms with Gasteiger partial charge in [-0.15, -0.1) is 0 Å². The van der Waals surface area contributed by atoms with Gasteiger partial charge in [0.1, 0.15) is 11.8 Å². The second-order valence-corrected chi connectivity index (χ2v) is 5.66. The van der Waals surface area contributed by atoms with Gasteiger partial charge in [-0.05, 0) is 25.5 Å². The summed E-state index contributed by atoms with van der Waals surface area (Å²) in [6.07, 6.45) is 5.26. The van der Waals surface area contributed by atoms with E-state index in [2.05, 4.69) is 20.3 Å². The van der Waals surface area contributed by atoms with Crippen LogP contribution in [0.3, 0.4) is 0 Å². The van der Waals surface area contributed by atoms with E-state index in [0.717, 1.165) is 11.4 Å². The largest absolute Gasteiger partial charge is 0.379 e. The van der Waals surface area contributed by atoms with Gasteiger partial charge in [0.2, 0.25) is 0 Å². The van der Waals surface area contributed by atoms with E-state index >= 15 is 0 Å². The highest BCUT2D eigenvalue weighted by atomic mass is 16.5. The molecule has 2 atom stereocenters. The molecular formula is C17H20N4O3. The molecule has 1 amide bonds. The van der Waals surface area contributed by atoms with Gasteiger partial charge < -0.3 is 14.8 Å². The lowest BCUT2D eigenvalue weighted by atomic mass is 10.1. The number of pyridine rings is 1. The molecule has 0 bridgehead atoms. The lowest BCUT2D eigenvalue weighted by molar-refractivity contribution is -0.0743. The van der Waals surface area contributed by atoms with Gasteiger partial charge in [-0.25, -0.2) is 4.98 Å². The highest BCUT2D eigenvalue weighted by molar-refractivity contribution is 5.92. The number of rotatable bonds is 5. The van der Waals surface area contributed by atoms with Crippen molar-refractivity contribution in [1.82, 2.24) is 20.3 Å². The van der Waals surface area contributed by atoms with E-state index in [1.807, 2.05) is 25.1 Å². The zero-order chi connectivity index (χ0) is 16.8. The molecule has 1 saturated heterocycles. The van der Waals surface area contributed by atoms with Crippen molar-refractivity contribution < 1.29 is 14.3 Å². The minimum absolute atomic E-state index is 0.127. The molecule has 2 aromatic rings. The van der Waals surface area contributed by atoms with Gasteiger partial charge in [-0.2, -0.15) is 0 Å². The fourth-order valence-corrected chi connectivity index (χ4v) is 2.47. The van der Waals surface area contributed by atoms with Crippen LogP contribution in [0.5, 0.6) is 0 Å². The molecule has 1 aliphatic rings. The predicted octanol–water partition coefficient (Wildman–Crippen LogP) is 1.28. The van der Waals surface area contributed by atoms with Crippen LogP contribution in [0.4, 0.5) is 0 Å². The predicted molar refractivity (Wildman–Crippen MR) is 86.3 cm³/mol. The number of aromatic nitrogens is 3. The van der Waals surface area contributed by atoms with Gasteiger partial charge in [0.05, 0.1) is 36.8 Å². The third-order valence-electron chi connectivity index (χ3n) is 3.81. The number of hydrogen-bond acceptors (Lipinski definition) is 6. The molecule has 3 heterocycles. The average Bonchev–Trinajstić information content (AvgIpc) is 2.62. The van der Waals surface area contributed by atoms with Crippen molar-refractivity contribution in [3.05, 3.63) is 53.9 Å². The molecule has 1 N–H and O–H groups in total. The number of nitrogens with zero attached hydrogens (tertiary/aromatic N) is 3. The zero-order valence-electron chi connectivity index (χ0n) is 13.5. The number of nitrogens with one attached hydrogen (secondary N) is 1. The molecule has 3 rings (SSSR count). The first-order chi connectivity index (χ1) is 11.7. The summed E-state index contributed by atoms with van der Waals surface area (Å²) >= 11 is 0. The Labute approximate surface area is 140 Å². The van der Waals surface area contributed by atoms with Crippen molar-refractivity contribution in [3.63, 3.8) is 0 Å². The summed E-state index contributed by atoms with van der Waals surface area (Å²) in [6.45, 7) is 3.24. The van der Waals surface area contributed by atoms with Crippen LogP contribution in [-0.2, 0) is 16.1 Å². The molecule has 1 fully saturated rings. The summed E-state index contributed by atoms with van der Waals surface area (Å²) in [4.78, 5) is 24.8. The minimum atomic E-state index is -0.249. The second-order valence-electron chi connectivity index (χ2n) is 5.66. The lowest BCUT2D eigenvalue weighted by Crippen LogP contribution is -2.50. The van der Waals surface area contributed by atoms with Gasteiger partial charge in [0.25, 0.3) is 5.91 Å². The zero-order valence-corrected chi connectivity index (χ0v) is 13.5. The first-order valence-electron chi connectivity index (χ1n) is 7.91. The van der Waals surface area contributed by atoms with Gasteiger partial charge in [-0.1, -0.05) is 6.07 Å². The molecule has 0 saturated carbocycles. The van der Waals surface area contributed by atoms with Gasteiger partial charge in [0, 0.05) is 19.0 Å². The Morgan fingerprint density at radius 2 is 2.25 bits per heavy atom. The van der Waals surface area contributed by atoms with Crippen LogP contribution >= 0.6 is 0 Å². The van der Waals surface area contributed by atoms with Crippen LogP contribution < -0.4 is 5.32 Å². The van der Waals surface area contributed by atoms with E-state index in [0.29, 0.717) is 31.9 Å². The fraction of sp³-hybridized carbons (Fsp3) is 0.412. The van der Waals surface area contributed by atoms with E-state index in [4.69, 9.17) is 9.47 Å². The quantitative estimate of drug-likeness (QED) is 0.890. The summed E-state index contributed by atoms with van der Waals surface area (Å²) in [5, 5.41) is 2.97. The minimum Gasteiger partial charge on any atom is -0.379 e. The summed E-state index contributed by atoms with van der Waals surface area (Å²) in [5.41, 5.74) is 1.92. The lowest BCUT2D eigenvalue weighted by Gasteiger charge is -2.31. The second kappa shape index (κ2) is 7.94. The summed E-state index contributed by atoms with van der Waals surface area (Å²) < 4.78 is 11.4.